The summed E-state index contributed by atoms with van der Waals surface area (Å²) in [5.41, 5.74) is 5.31. The normalized spacial score (nSPS) is 28.1. The number of hydrogen-bond donors (Lipinski definition) is 2. The van der Waals surface area contributed by atoms with E-state index in [9.17, 15) is 4.79 Å². The third-order valence-electron chi connectivity index (χ3n) is 3.15. The van der Waals surface area contributed by atoms with Gasteiger partial charge in [0.1, 0.15) is 0 Å². The van der Waals surface area contributed by atoms with Crippen molar-refractivity contribution in [3.8, 4) is 0 Å². The Morgan fingerprint density at radius 3 is 2.57 bits per heavy atom. The molecule has 14 heavy (non-hydrogen) atoms. The monoisotopic (exact) mass is 199 g/mol. The van der Waals surface area contributed by atoms with Gasteiger partial charge in [0.2, 0.25) is 0 Å². The second-order valence-corrected chi connectivity index (χ2v) is 4.47. The molecule has 1 heterocycles. The highest BCUT2D eigenvalue weighted by atomic mass is 16.2. The van der Waals surface area contributed by atoms with Crippen LogP contribution in [0.25, 0.3) is 0 Å². The number of rotatable bonds is 2. The van der Waals surface area contributed by atoms with E-state index in [1.54, 1.807) is 4.90 Å². The zero-order valence-electron chi connectivity index (χ0n) is 9.29. The maximum Gasteiger partial charge on any atom is 0.314 e. The summed E-state index contributed by atoms with van der Waals surface area (Å²) >= 11 is 0. The molecule has 0 aromatic rings. The lowest BCUT2D eigenvalue weighted by Crippen LogP contribution is -2.53. The number of carbonyl (C=O) groups is 1. The van der Waals surface area contributed by atoms with E-state index in [0.29, 0.717) is 17.9 Å². The molecule has 0 saturated carbocycles. The van der Waals surface area contributed by atoms with Crippen molar-refractivity contribution in [1.82, 2.24) is 10.2 Å². The highest BCUT2D eigenvalue weighted by Crippen LogP contribution is 2.23. The number of nitrogens with two attached hydrogens (primary N) is 1. The van der Waals surface area contributed by atoms with E-state index >= 15 is 0 Å². The van der Waals surface area contributed by atoms with Crippen LogP contribution < -0.4 is 11.1 Å². The average molecular weight is 199 g/mol. The van der Waals surface area contributed by atoms with Gasteiger partial charge in [-0.3, -0.25) is 0 Å². The molecular weight excluding hydrogens is 178 g/mol. The van der Waals surface area contributed by atoms with E-state index in [2.05, 4.69) is 19.2 Å². The lowest BCUT2D eigenvalue weighted by atomic mass is 9.86. The Kier molecular flexibility index (Phi) is 3.75. The SMILES string of the molecule is CNC1CC(C(C)C)CN(C(N)=O)C1. The van der Waals surface area contributed by atoms with Crippen LogP contribution in [0.15, 0.2) is 0 Å². The lowest BCUT2D eigenvalue weighted by molar-refractivity contribution is 0.136. The van der Waals surface area contributed by atoms with Gasteiger partial charge in [-0.25, -0.2) is 4.79 Å². The third-order valence-corrected chi connectivity index (χ3v) is 3.15. The predicted octanol–water partition coefficient (Wildman–Crippen LogP) is 0.631. The standard InChI is InChI=1S/C10H21N3O/c1-7(2)8-4-9(12-3)6-13(5-8)10(11)14/h7-9,12H,4-6H2,1-3H3,(H2,11,14). The molecule has 4 heteroatoms. The number of carbonyl (C=O) groups excluding carboxylic acids is 1. The maximum atomic E-state index is 11.1. The van der Waals surface area contributed by atoms with Crippen LogP contribution in [-0.4, -0.2) is 37.1 Å². The Hall–Kier alpha value is -0.770. The molecular formula is C10H21N3O. The first-order valence-corrected chi connectivity index (χ1v) is 5.26. The van der Waals surface area contributed by atoms with Crippen LogP contribution in [0.3, 0.4) is 0 Å². The number of hydrogen-bond acceptors (Lipinski definition) is 2. The molecule has 0 aliphatic carbocycles. The fourth-order valence-electron chi connectivity index (χ4n) is 2.01. The Morgan fingerprint density at radius 1 is 1.50 bits per heavy atom. The third kappa shape index (κ3) is 2.61. The number of primary amides is 1. The summed E-state index contributed by atoms with van der Waals surface area (Å²) in [6.45, 7) is 5.95. The molecule has 1 aliphatic rings. The Bertz CT molecular complexity index is 206. The number of nitrogens with one attached hydrogen (secondary N) is 1. The summed E-state index contributed by atoms with van der Waals surface area (Å²) in [5, 5.41) is 3.22. The molecule has 2 amide bonds. The van der Waals surface area contributed by atoms with Crippen LogP contribution in [0.1, 0.15) is 20.3 Å². The first kappa shape index (κ1) is 11.3. The Morgan fingerprint density at radius 2 is 2.14 bits per heavy atom. The van der Waals surface area contributed by atoms with Gasteiger partial charge in [0.25, 0.3) is 0 Å². The largest absolute Gasteiger partial charge is 0.351 e. The molecule has 2 atom stereocenters. The highest BCUT2D eigenvalue weighted by molar-refractivity contribution is 5.72. The van der Waals surface area contributed by atoms with Gasteiger partial charge < -0.3 is 16.0 Å². The molecule has 1 aliphatic heterocycles. The molecule has 82 valence electrons. The fraction of sp³-hybridized carbons (Fsp3) is 0.900. The van der Waals surface area contributed by atoms with Gasteiger partial charge in [-0.1, -0.05) is 13.8 Å². The molecule has 0 radical (unpaired) electrons. The number of piperidine rings is 1. The van der Waals surface area contributed by atoms with Crippen LogP contribution >= 0.6 is 0 Å². The van der Waals surface area contributed by atoms with Gasteiger partial charge in [-0.2, -0.15) is 0 Å². The molecule has 1 fully saturated rings. The van der Waals surface area contributed by atoms with Crippen LogP contribution in [0, 0.1) is 11.8 Å². The minimum Gasteiger partial charge on any atom is -0.351 e. The van der Waals surface area contributed by atoms with E-state index in [1.807, 2.05) is 7.05 Å². The van der Waals surface area contributed by atoms with E-state index in [4.69, 9.17) is 5.73 Å². The van der Waals surface area contributed by atoms with Crippen molar-refractivity contribution in [2.75, 3.05) is 20.1 Å². The van der Waals surface area contributed by atoms with Gasteiger partial charge in [0, 0.05) is 19.1 Å². The molecule has 4 nitrogen and oxygen atoms in total. The van der Waals surface area contributed by atoms with E-state index in [-0.39, 0.29) is 6.03 Å². The first-order valence-electron chi connectivity index (χ1n) is 5.26. The summed E-state index contributed by atoms with van der Waals surface area (Å²) in [4.78, 5) is 12.8. The molecule has 0 bridgehead atoms. The minimum atomic E-state index is -0.296. The summed E-state index contributed by atoms with van der Waals surface area (Å²) in [6.07, 6.45) is 1.14. The average Bonchev–Trinajstić information content (AvgIpc) is 2.16. The van der Waals surface area contributed by atoms with E-state index in [1.165, 1.54) is 0 Å². The number of likely N-dealkylation sites (tertiary alicyclic amines) is 1. The summed E-state index contributed by atoms with van der Waals surface area (Å²) in [6, 6.07) is 0.0965. The van der Waals surface area contributed by atoms with Gasteiger partial charge in [0.05, 0.1) is 0 Å². The van der Waals surface area contributed by atoms with Crippen molar-refractivity contribution in [2.24, 2.45) is 17.6 Å². The van der Waals surface area contributed by atoms with Crippen molar-refractivity contribution in [3.63, 3.8) is 0 Å². The smallest absolute Gasteiger partial charge is 0.314 e. The second-order valence-electron chi connectivity index (χ2n) is 4.47. The van der Waals surface area contributed by atoms with Gasteiger partial charge in [0.15, 0.2) is 0 Å². The van der Waals surface area contributed by atoms with Crippen molar-refractivity contribution >= 4 is 6.03 Å². The van der Waals surface area contributed by atoms with Gasteiger partial charge in [-0.15, -0.1) is 0 Å². The minimum absolute atomic E-state index is 0.296. The number of nitrogens with zero attached hydrogens (tertiary/aromatic N) is 1. The zero-order chi connectivity index (χ0) is 10.7. The predicted molar refractivity (Wildman–Crippen MR) is 56.9 cm³/mol. The number of amides is 2. The number of urea groups is 1. The second kappa shape index (κ2) is 4.64. The van der Waals surface area contributed by atoms with Gasteiger partial charge >= 0.3 is 6.03 Å². The van der Waals surface area contributed by atoms with Crippen LogP contribution in [0.2, 0.25) is 0 Å². The van der Waals surface area contributed by atoms with E-state index < -0.39 is 0 Å². The molecule has 1 saturated heterocycles. The summed E-state index contributed by atoms with van der Waals surface area (Å²) in [7, 11) is 1.94. The molecule has 1 rings (SSSR count). The zero-order valence-corrected chi connectivity index (χ0v) is 9.29. The lowest BCUT2D eigenvalue weighted by Gasteiger charge is -2.38. The topological polar surface area (TPSA) is 58.4 Å². The Balaban J connectivity index is 2.61. The van der Waals surface area contributed by atoms with Gasteiger partial charge in [-0.05, 0) is 25.3 Å². The van der Waals surface area contributed by atoms with Crippen molar-refractivity contribution in [2.45, 2.75) is 26.3 Å². The van der Waals surface area contributed by atoms with Crippen molar-refractivity contribution < 1.29 is 4.79 Å². The highest BCUT2D eigenvalue weighted by Gasteiger charge is 2.29. The molecule has 0 aromatic carbocycles. The summed E-state index contributed by atoms with van der Waals surface area (Å²) < 4.78 is 0. The quantitative estimate of drug-likeness (QED) is 0.685. The molecule has 2 unspecified atom stereocenters. The van der Waals surface area contributed by atoms with Crippen molar-refractivity contribution in [3.05, 3.63) is 0 Å². The molecule has 0 spiro atoms. The van der Waals surface area contributed by atoms with Crippen LogP contribution in [0.5, 0.6) is 0 Å². The Labute approximate surface area is 85.8 Å². The molecule has 0 aromatic heterocycles. The maximum absolute atomic E-state index is 11.1. The summed E-state index contributed by atoms with van der Waals surface area (Å²) in [5.74, 6) is 1.17. The first-order chi connectivity index (χ1) is 6.54. The van der Waals surface area contributed by atoms with E-state index in [0.717, 1.165) is 19.5 Å². The molecule has 3 N–H and O–H groups in total. The van der Waals surface area contributed by atoms with Crippen molar-refractivity contribution in [1.29, 1.82) is 0 Å². The number of likely N-dealkylation sites (N-methyl/N-ethyl adjacent to an activating group) is 1. The van der Waals surface area contributed by atoms with Crippen LogP contribution in [0.4, 0.5) is 4.79 Å². The fourth-order valence-corrected chi connectivity index (χ4v) is 2.01. The van der Waals surface area contributed by atoms with Crippen LogP contribution in [-0.2, 0) is 0 Å².